The van der Waals surface area contributed by atoms with Crippen molar-refractivity contribution in [2.75, 3.05) is 6.61 Å². The lowest BCUT2D eigenvalue weighted by Crippen LogP contribution is -2.35. The molecule has 0 bridgehead atoms. The van der Waals surface area contributed by atoms with E-state index in [1.54, 1.807) is 12.1 Å². The Balaban J connectivity index is 1.53. The predicted molar refractivity (Wildman–Crippen MR) is 86.3 cm³/mol. The lowest BCUT2D eigenvalue weighted by atomic mass is 9.96. The van der Waals surface area contributed by atoms with Crippen LogP contribution in [0.4, 0.5) is 0 Å². The second kappa shape index (κ2) is 6.14. The third-order valence-corrected chi connectivity index (χ3v) is 4.46. The number of hydroxylamine groups is 2. The first kappa shape index (κ1) is 15.5. The van der Waals surface area contributed by atoms with Gasteiger partial charge >= 0.3 is 5.97 Å². The molecule has 2 amide bonds. The Bertz CT molecular complexity index is 813. The molecule has 0 saturated carbocycles. The maximum Gasteiger partial charge on any atom is 0.339 e. The van der Waals surface area contributed by atoms with Crippen molar-refractivity contribution < 1.29 is 24.0 Å². The molecular formula is C19H15NO5. The van der Waals surface area contributed by atoms with Gasteiger partial charge in [0.2, 0.25) is 0 Å². The molecule has 126 valence electrons. The molecule has 2 aliphatic rings. The zero-order chi connectivity index (χ0) is 17.4. The molecule has 6 nitrogen and oxygen atoms in total. The summed E-state index contributed by atoms with van der Waals surface area (Å²) in [7, 11) is 0. The molecular weight excluding hydrogens is 322 g/mol. The molecule has 0 unspecified atom stereocenters. The minimum absolute atomic E-state index is 0.239. The maximum absolute atomic E-state index is 12.6. The van der Waals surface area contributed by atoms with E-state index in [4.69, 9.17) is 9.57 Å². The Morgan fingerprint density at radius 1 is 0.960 bits per heavy atom. The molecule has 2 heterocycles. The number of nitrogens with zero attached hydrogens (tertiary/aromatic N) is 1. The van der Waals surface area contributed by atoms with Crippen molar-refractivity contribution in [2.45, 2.75) is 12.5 Å². The smallest absolute Gasteiger partial charge is 0.339 e. The number of fused-ring (bicyclic) bond motifs is 1. The molecule has 25 heavy (non-hydrogen) atoms. The van der Waals surface area contributed by atoms with E-state index in [-0.39, 0.29) is 11.1 Å². The fourth-order valence-corrected chi connectivity index (χ4v) is 3.21. The molecule has 0 aromatic heterocycles. The molecule has 6 heteroatoms. The normalized spacial score (nSPS) is 22.2. The third kappa shape index (κ3) is 2.60. The molecule has 4 rings (SSSR count). The van der Waals surface area contributed by atoms with Crippen LogP contribution in [0.2, 0.25) is 0 Å². The van der Waals surface area contributed by atoms with Crippen LogP contribution in [0.5, 0.6) is 0 Å². The van der Waals surface area contributed by atoms with Crippen LogP contribution in [-0.2, 0) is 14.4 Å². The molecule has 1 saturated heterocycles. The van der Waals surface area contributed by atoms with Crippen molar-refractivity contribution in [3.63, 3.8) is 0 Å². The van der Waals surface area contributed by atoms with Gasteiger partial charge in [0.1, 0.15) is 0 Å². The van der Waals surface area contributed by atoms with Crippen LogP contribution < -0.4 is 0 Å². The molecule has 0 spiro atoms. The summed E-state index contributed by atoms with van der Waals surface area (Å²) in [5, 5.41) is 0.549. The standard InChI is InChI=1S/C19H15NO5/c21-17-13-8-4-5-9-14(13)18(22)20(17)25-19(23)15-10-11-24-16(15)12-6-2-1-3-7-12/h1-9,15-16H,10-11H2/t15-,16+/m1/s1. The van der Waals surface area contributed by atoms with Gasteiger partial charge < -0.3 is 9.57 Å². The Hall–Kier alpha value is -2.99. The highest BCUT2D eigenvalue weighted by atomic mass is 16.7. The first-order valence-corrected chi connectivity index (χ1v) is 8.03. The van der Waals surface area contributed by atoms with Gasteiger partial charge in [-0.05, 0) is 24.1 Å². The highest BCUT2D eigenvalue weighted by Gasteiger charge is 2.43. The van der Waals surface area contributed by atoms with Crippen molar-refractivity contribution >= 4 is 17.8 Å². The number of benzene rings is 2. The summed E-state index contributed by atoms with van der Waals surface area (Å²) in [6.45, 7) is 0.418. The quantitative estimate of drug-likeness (QED) is 0.805. The van der Waals surface area contributed by atoms with Gasteiger partial charge in [0.25, 0.3) is 11.8 Å². The third-order valence-electron chi connectivity index (χ3n) is 4.46. The van der Waals surface area contributed by atoms with Gasteiger partial charge in [0.15, 0.2) is 0 Å². The lowest BCUT2D eigenvalue weighted by molar-refractivity contribution is -0.175. The van der Waals surface area contributed by atoms with E-state index in [2.05, 4.69) is 0 Å². The van der Waals surface area contributed by atoms with Crippen LogP contribution in [0.1, 0.15) is 38.8 Å². The molecule has 0 aliphatic carbocycles. The SMILES string of the molecule is O=C(ON1C(=O)c2ccccc2C1=O)[C@@H]1CCO[C@H]1c1ccccc1. The zero-order valence-electron chi connectivity index (χ0n) is 13.3. The van der Waals surface area contributed by atoms with E-state index >= 15 is 0 Å². The van der Waals surface area contributed by atoms with Crippen molar-refractivity contribution in [1.29, 1.82) is 0 Å². The number of carbonyl (C=O) groups is 3. The van der Waals surface area contributed by atoms with E-state index in [1.807, 2.05) is 30.3 Å². The fourth-order valence-electron chi connectivity index (χ4n) is 3.21. The van der Waals surface area contributed by atoms with Crippen LogP contribution in [0.25, 0.3) is 0 Å². The van der Waals surface area contributed by atoms with Crippen LogP contribution >= 0.6 is 0 Å². The van der Waals surface area contributed by atoms with Gasteiger partial charge in [-0.3, -0.25) is 9.59 Å². The Morgan fingerprint density at radius 2 is 1.56 bits per heavy atom. The van der Waals surface area contributed by atoms with Crippen LogP contribution in [0, 0.1) is 5.92 Å². The Labute approximate surface area is 143 Å². The monoisotopic (exact) mass is 337 g/mol. The van der Waals surface area contributed by atoms with Gasteiger partial charge in [-0.15, -0.1) is 0 Å². The number of imide groups is 1. The second-order valence-corrected chi connectivity index (χ2v) is 5.96. The van der Waals surface area contributed by atoms with Gasteiger partial charge in [-0.25, -0.2) is 4.79 Å². The van der Waals surface area contributed by atoms with Crippen molar-refractivity contribution in [3.05, 3.63) is 71.3 Å². The first-order chi connectivity index (χ1) is 12.2. The summed E-state index contributed by atoms with van der Waals surface area (Å²) in [5.74, 6) is -2.44. The number of hydrogen-bond donors (Lipinski definition) is 0. The van der Waals surface area contributed by atoms with Gasteiger partial charge in [-0.1, -0.05) is 47.5 Å². The average molecular weight is 337 g/mol. The summed E-state index contributed by atoms with van der Waals surface area (Å²) in [4.78, 5) is 42.4. The number of ether oxygens (including phenoxy) is 1. The largest absolute Gasteiger partial charge is 0.373 e. The highest BCUT2D eigenvalue weighted by Crippen LogP contribution is 2.36. The first-order valence-electron chi connectivity index (χ1n) is 8.03. The summed E-state index contributed by atoms with van der Waals surface area (Å²) < 4.78 is 5.66. The molecule has 2 aromatic carbocycles. The minimum Gasteiger partial charge on any atom is -0.373 e. The number of amides is 2. The van der Waals surface area contributed by atoms with Crippen LogP contribution in [-0.4, -0.2) is 29.5 Å². The number of carbonyl (C=O) groups excluding carboxylic acids is 3. The van der Waals surface area contributed by atoms with Crippen LogP contribution in [0.3, 0.4) is 0 Å². The highest BCUT2D eigenvalue weighted by molar-refractivity contribution is 6.20. The summed E-state index contributed by atoms with van der Waals surface area (Å²) >= 11 is 0. The number of rotatable bonds is 3. The molecule has 0 radical (unpaired) electrons. The van der Waals surface area contributed by atoms with E-state index in [1.165, 1.54) is 12.1 Å². The molecule has 1 fully saturated rings. The van der Waals surface area contributed by atoms with E-state index < -0.39 is 29.8 Å². The summed E-state index contributed by atoms with van der Waals surface area (Å²) in [6, 6.07) is 15.7. The topological polar surface area (TPSA) is 72.9 Å². The maximum atomic E-state index is 12.6. The summed E-state index contributed by atoms with van der Waals surface area (Å²) in [6.07, 6.45) is 0.0329. The van der Waals surface area contributed by atoms with Crippen molar-refractivity contribution in [2.24, 2.45) is 5.92 Å². The molecule has 2 atom stereocenters. The second-order valence-electron chi connectivity index (χ2n) is 5.96. The average Bonchev–Trinajstić information content (AvgIpc) is 3.23. The van der Waals surface area contributed by atoms with Gasteiger partial charge in [0, 0.05) is 6.61 Å². The van der Waals surface area contributed by atoms with Crippen molar-refractivity contribution in [1.82, 2.24) is 5.06 Å². The minimum atomic E-state index is -0.638. The van der Waals surface area contributed by atoms with E-state index in [9.17, 15) is 14.4 Å². The fraction of sp³-hybridized carbons (Fsp3) is 0.211. The lowest BCUT2D eigenvalue weighted by Gasteiger charge is -2.20. The predicted octanol–water partition coefficient (Wildman–Crippen LogP) is 2.52. The number of hydrogen-bond acceptors (Lipinski definition) is 5. The molecule has 0 N–H and O–H groups in total. The van der Waals surface area contributed by atoms with E-state index in [0.717, 1.165) is 5.56 Å². The van der Waals surface area contributed by atoms with Crippen molar-refractivity contribution in [3.8, 4) is 0 Å². The van der Waals surface area contributed by atoms with Crippen LogP contribution in [0.15, 0.2) is 54.6 Å². The molecule has 2 aromatic rings. The summed E-state index contributed by atoms with van der Waals surface area (Å²) in [5.41, 5.74) is 1.34. The molecule has 2 aliphatic heterocycles. The van der Waals surface area contributed by atoms with Gasteiger partial charge in [-0.2, -0.15) is 0 Å². The van der Waals surface area contributed by atoms with Gasteiger partial charge in [0.05, 0.1) is 23.1 Å². The zero-order valence-corrected chi connectivity index (χ0v) is 13.3. The Kier molecular flexibility index (Phi) is 3.82. The Morgan fingerprint density at radius 3 is 2.20 bits per heavy atom. The van der Waals surface area contributed by atoms with E-state index in [0.29, 0.717) is 18.1 Å².